The van der Waals surface area contributed by atoms with E-state index in [9.17, 15) is 5.26 Å². The highest BCUT2D eigenvalue weighted by Crippen LogP contribution is 2.41. The molecule has 0 saturated heterocycles. The van der Waals surface area contributed by atoms with Crippen LogP contribution in [0.1, 0.15) is 23.1 Å². The predicted molar refractivity (Wildman–Crippen MR) is 77.7 cm³/mol. The zero-order chi connectivity index (χ0) is 13.3. The van der Waals surface area contributed by atoms with Gasteiger partial charge in [0.25, 0.3) is 0 Å². The van der Waals surface area contributed by atoms with E-state index in [2.05, 4.69) is 39.1 Å². The lowest BCUT2D eigenvalue weighted by Gasteiger charge is -2.22. The molecule has 0 amide bonds. The van der Waals surface area contributed by atoms with Crippen LogP contribution in [0.4, 0.5) is 0 Å². The van der Waals surface area contributed by atoms with Gasteiger partial charge in [0, 0.05) is 16.9 Å². The maximum atomic E-state index is 9.71. The summed E-state index contributed by atoms with van der Waals surface area (Å²) in [5, 5.41) is 9.71. The first-order valence-corrected chi connectivity index (χ1v) is 7.12. The van der Waals surface area contributed by atoms with E-state index in [1.807, 2.05) is 24.4 Å². The smallest absolute Gasteiger partial charge is 0.0868 e. The van der Waals surface area contributed by atoms with Crippen LogP contribution in [0.15, 0.2) is 47.2 Å². The Labute approximate surface area is 121 Å². The quantitative estimate of drug-likeness (QED) is 0.845. The summed E-state index contributed by atoms with van der Waals surface area (Å²) in [6.45, 7) is 0. The largest absolute Gasteiger partial charge is 0.263 e. The van der Waals surface area contributed by atoms with E-state index >= 15 is 0 Å². The van der Waals surface area contributed by atoms with Gasteiger partial charge in [0.2, 0.25) is 0 Å². The minimum atomic E-state index is -0.390. The van der Waals surface area contributed by atoms with Crippen LogP contribution in [0, 0.1) is 11.3 Å². The number of hydrogen-bond acceptors (Lipinski definition) is 2. The highest BCUT2D eigenvalue weighted by molar-refractivity contribution is 9.10. The summed E-state index contributed by atoms with van der Waals surface area (Å²) in [6.07, 6.45) is 6.24. The van der Waals surface area contributed by atoms with Crippen LogP contribution in [0.5, 0.6) is 0 Å². The number of pyridine rings is 1. The average molecular weight is 313 g/mol. The molecule has 1 aliphatic carbocycles. The van der Waals surface area contributed by atoms with Gasteiger partial charge in [-0.25, -0.2) is 0 Å². The number of halogens is 1. The van der Waals surface area contributed by atoms with Crippen LogP contribution in [0.25, 0.3) is 0 Å². The highest BCUT2D eigenvalue weighted by Gasteiger charge is 2.38. The number of nitrogens with zero attached hydrogens (tertiary/aromatic N) is 2. The first-order chi connectivity index (χ1) is 9.23. The maximum absolute atomic E-state index is 9.71. The van der Waals surface area contributed by atoms with Crippen molar-refractivity contribution in [1.29, 1.82) is 5.26 Å². The molecular weight excluding hydrogens is 300 g/mol. The molecule has 0 N–H and O–H groups in total. The fourth-order valence-corrected chi connectivity index (χ4v) is 3.34. The van der Waals surface area contributed by atoms with Crippen molar-refractivity contribution in [3.8, 4) is 6.07 Å². The van der Waals surface area contributed by atoms with E-state index in [0.29, 0.717) is 0 Å². The first-order valence-electron chi connectivity index (χ1n) is 6.33. The van der Waals surface area contributed by atoms with Crippen molar-refractivity contribution in [3.63, 3.8) is 0 Å². The van der Waals surface area contributed by atoms with E-state index in [1.54, 1.807) is 6.20 Å². The second-order valence-corrected chi connectivity index (χ2v) is 5.95. The molecule has 1 aromatic carbocycles. The molecule has 3 heteroatoms. The Hall–Kier alpha value is -1.66. The van der Waals surface area contributed by atoms with Crippen molar-refractivity contribution in [2.75, 3.05) is 0 Å². The number of fused-ring (bicyclic) bond motifs is 1. The van der Waals surface area contributed by atoms with E-state index in [-0.39, 0.29) is 5.41 Å². The molecule has 2 aromatic rings. The molecular formula is C16H13BrN2. The van der Waals surface area contributed by atoms with Crippen molar-refractivity contribution in [2.24, 2.45) is 0 Å². The number of nitriles is 1. The molecule has 0 radical (unpaired) electrons. The summed E-state index contributed by atoms with van der Waals surface area (Å²) < 4.78 is 0.962. The second-order valence-electron chi connectivity index (χ2n) is 5.04. The summed E-state index contributed by atoms with van der Waals surface area (Å²) in [5.74, 6) is 0. The van der Waals surface area contributed by atoms with Gasteiger partial charge in [-0.3, -0.25) is 4.98 Å². The lowest BCUT2D eigenvalue weighted by atomic mass is 9.78. The van der Waals surface area contributed by atoms with Gasteiger partial charge < -0.3 is 0 Å². The monoisotopic (exact) mass is 312 g/mol. The number of hydrogen-bond donors (Lipinski definition) is 0. The molecule has 1 unspecified atom stereocenters. The third kappa shape index (κ3) is 2.17. The lowest BCUT2D eigenvalue weighted by molar-refractivity contribution is 0.540. The van der Waals surface area contributed by atoms with Gasteiger partial charge in [-0.1, -0.05) is 24.3 Å². The zero-order valence-corrected chi connectivity index (χ0v) is 12.0. The van der Waals surface area contributed by atoms with Crippen LogP contribution >= 0.6 is 15.9 Å². The lowest BCUT2D eigenvalue weighted by Crippen LogP contribution is -2.23. The third-order valence-corrected chi connectivity index (χ3v) is 4.27. The van der Waals surface area contributed by atoms with Crippen molar-refractivity contribution in [1.82, 2.24) is 4.98 Å². The molecule has 2 nitrogen and oxygen atoms in total. The van der Waals surface area contributed by atoms with E-state index in [1.165, 1.54) is 11.1 Å². The van der Waals surface area contributed by atoms with Gasteiger partial charge >= 0.3 is 0 Å². The molecule has 1 aliphatic rings. The maximum Gasteiger partial charge on any atom is 0.0868 e. The van der Waals surface area contributed by atoms with Crippen LogP contribution in [-0.2, 0) is 18.3 Å². The van der Waals surface area contributed by atoms with Crippen molar-refractivity contribution in [3.05, 3.63) is 63.9 Å². The fourth-order valence-electron chi connectivity index (χ4n) is 2.93. The zero-order valence-electron chi connectivity index (χ0n) is 10.4. The van der Waals surface area contributed by atoms with Crippen molar-refractivity contribution in [2.45, 2.75) is 24.7 Å². The molecule has 1 heterocycles. The summed E-state index contributed by atoms with van der Waals surface area (Å²) >= 11 is 3.44. The third-order valence-electron chi connectivity index (χ3n) is 3.84. The van der Waals surface area contributed by atoms with Gasteiger partial charge in [-0.2, -0.15) is 5.26 Å². The molecule has 94 valence electrons. The summed E-state index contributed by atoms with van der Waals surface area (Å²) in [5.41, 5.74) is 3.22. The van der Waals surface area contributed by atoms with E-state index in [0.717, 1.165) is 29.3 Å². The van der Waals surface area contributed by atoms with Crippen LogP contribution in [-0.4, -0.2) is 4.98 Å². The standard InChI is InChI=1S/C16H13BrN2/c17-14-7-12(9-19-10-14)8-16(11-18)6-5-13-3-1-2-4-15(13)16/h1-4,7,9-10H,5-6,8H2. The molecule has 3 rings (SSSR count). The first kappa shape index (κ1) is 12.4. The fraction of sp³-hybridized carbons (Fsp3) is 0.250. The average Bonchev–Trinajstić information content (AvgIpc) is 2.79. The Morgan fingerprint density at radius 2 is 2.16 bits per heavy atom. The Bertz CT molecular complexity index is 660. The van der Waals surface area contributed by atoms with Gasteiger partial charge in [0.1, 0.15) is 0 Å². The van der Waals surface area contributed by atoms with E-state index in [4.69, 9.17) is 0 Å². The SMILES string of the molecule is N#CC1(Cc2cncc(Br)c2)CCc2ccccc21. The summed E-state index contributed by atoms with van der Waals surface area (Å²) in [4.78, 5) is 4.19. The Balaban J connectivity index is 2.01. The van der Waals surface area contributed by atoms with Crippen LogP contribution in [0.2, 0.25) is 0 Å². The number of aromatic nitrogens is 1. The minimum Gasteiger partial charge on any atom is -0.263 e. The predicted octanol–water partition coefficient (Wildman–Crippen LogP) is 3.79. The molecule has 0 aliphatic heterocycles. The Kier molecular flexibility index (Phi) is 3.12. The van der Waals surface area contributed by atoms with Gasteiger partial charge in [-0.15, -0.1) is 0 Å². The Morgan fingerprint density at radius 3 is 2.95 bits per heavy atom. The number of rotatable bonds is 2. The van der Waals surface area contributed by atoms with Gasteiger partial charge in [0.05, 0.1) is 11.5 Å². The normalized spacial score (nSPS) is 20.8. The molecule has 0 bridgehead atoms. The van der Waals surface area contributed by atoms with Gasteiger partial charge in [-0.05, 0) is 57.9 Å². The van der Waals surface area contributed by atoms with Crippen LogP contribution < -0.4 is 0 Å². The molecule has 1 aromatic heterocycles. The van der Waals surface area contributed by atoms with Gasteiger partial charge in [0.15, 0.2) is 0 Å². The molecule has 0 saturated carbocycles. The number of aryl methyl sites for hydroxylation is 1. The van der Waals surface area contributed by atoms with Crippen molar-refractivity contribution < 1.29 is 0 Å². The number of benzene rings is 1. The Morgan fingerprint density at radius 1 is 1.32 bits per heavy atom. The summed E-state index contributed by atoms with van der Waals surface area (Å²) in [6, 6.07) is 12.9. The van der Waals surface area contributed by atoms with E-state index < -0.39 is 0 Å². The highest BCUT2D eigenvalue weighted by atomic mass is 79.9. The second kappa shape index (κ2) is 4.79. The molecule has 1 atom stereocenters. The molecule has 0 spiro atoms. The molecule has 0 fully saturated rings. The molecule has 19 heavy (non-hydrogen) atoms. The summed E-state index contributed by atoms with van der Waals surface area (Å²) in [7, 11) is 0. The van der Waals surface area contributed by atoms with Crippen LogP contribution in [0.3, 0.4) is 0 Å². The van der Waals surface area contributed by atoms with Crippen molar-refractivity contribution >= 4 is 15.9 Å². The topological polar surface area (TPSA) is 36.7 Å². The minimum absolute atomic E-state index is 0.390.